The second-order valence-corrected chi connectivity index (χ2v) is 6.65. The molecule has 3 unspecified atom stereocenters. The van der Waals surface area contributed by atoms with E-state index in [0.29, 0.717) is 11.6 Å². The average Bonchev–Trinajstić information content (AvgIpc) is 2.76. The van der Waals surface area contributed by atoms with E-state index in [1.54, 1.807) is 12.1 Å². The highest BCUT2D eigenvalue weighted by molar-refractivity contribution is 5.99. The molecule has 3 atom stereocenters. The number of nitrogens with zero attached hydrogens (tertiary/aromatic N) is 3. The van der Waals surface area contributed by atoms with Crippen molar-refractivity contribution in [3.63, 3.8) is 0 Å². The summed E-state index contributed by atoms with van der Waals surface area (Å²) in [4.78, 5) is 4.99. The second kappa shape index (κ2) is 5.00. The van der Waals surface area contributed by atoms with Crippen molar-refractivity contribution < 1.29 is 10.4 Å². The molecule has 0 radical (unpaired) electrons. The number of hydrogen-bond acceptors (Lipinski definition) is 6. The van der Waals surface area contributed by atoms with E-state index in [2.05, 4.69) is 14.9 Å². The standard InChI is InChI=1S/C15H21N5O2/c16-17-14-11-7-18-5-6-19(8-11)10-15(14,9-18)12-1-3-13(4-2-12)20(21)22/h1-4,11,20-21H,5-10,16H2/b17-14+. The Labute approximate surface area is 129 Å². The van der Waals surface area contributed by atoms with Crippen molar-refractivity contribution in [3.8, 4) is 0 Å². The summed E-state index contributed by atoms with van der Waals surface area (Å²) in [7, 11) is 0. The van der Waals surface area contributed by atoms with Crippen molar-refractivity contribution >= 4 is 11.4 Å². The lowest BCUT2D eigenvalue weighted by atomic mass is 9.66. The first-order chi connectivity index (χ1) is 10.6. The van der Waals surface area contributed by atoms with Crippen LogP contribution >= 0.6 is 0 Å². The molecule has 0 saturated carbocycles. The van der Waals surface area contributed by atoms with Gasteiger partial charge in [0.2, 0.25) is 0 Å². The zero-order chi connectivity index (χ0) is 15.3. The van der Waals surface area contributed by atoms with Crippen LogP contribution in [-0.4, -0.2) is 60.0 Å². The average molecular weight is 303 g/mol. The maximum atomic E-state index is 11.1. The first kappa shape index (κ1) is 14.1. The molecule has 0 aromatic heterocycles. The van der Waals surface area contributed by atoms with Crippen LogP contribution < -0.4 is 11.1 Å². The maximum absolute atomic E-state index is 11.1. The predicted octanol–water partition coefficient (Wildman–Crippen LogP) is -1.10. The molecule has 7 heteroatoms. The molecule has 1 aromatic carbocycles. The SMILES string of the molecule is N/N=C1\C2CN3CCN(C2)CC1(c1ccc([NH+]([O-])O)cc1)C3. The Kier molecular flexibility index (Phi) is 3.21. The number of nitrogens with one attached hydrogen (secondary N) is 1. The molecule has 22 heavy (non-hydrogen) atoms. The lowest BCUT2D eigenvalue weighted by molar-refractivity contribution is -0.991. The first-order valence-corrected chi connectivity index (χ1v) is 7.69. The molecular formula is C15H21N5O2. The van der Waals surface area contributed by atoms with E-state index in [1.165, 1.54) is 0 Å². The first-order valence-electron chi connectivity index (χ1n) is 7.69. The van der Waals surface area contributed by atoms with E-state index in [9.17, 15) is 5.21 Å². The summed E-state index contributed by atoms with van der Waals surface area (Å²) >= 11 is 0. The normalized spacial score (nSPS) is 39.9. The molecule has 4 N–H and O–H groups in total. The van der Waals surface area contributed by atoms with Crippen LogP contribution in [0, 0.1) is 11.1 Å². The molecule has 4 fully saturated rings. The summed E-state index contributed by atoms with van der Waals surface area (Å²) in [5.41, 5.74) is 2.34. The fraction of sp³-hybridized carbons (Fsp3) is 0.533. The molecule has 4 aliphatic heterocycles. The Hall–Kier alpha value is -1.51. The summed E-state index contributed by atoms with van der Waals surface area (Å²) < 4.78 is 0. The molecule has 0 spiro atoms. The van der Waals surface area contributed by atoms with Crippen LogP contribution in [-0.2, 0) is 5.41 Å². The molecule has 4 bridgehead atoms. The topological polar surface area (TPSA) is 92.6 Å². The second-order valence-electron chi connectivity index (χ2n) is 6.65. The molecule has 0 aliphatic carbocycles. The monoisotopic (exact) mass is 303 g/mol. The molecule has 4 heterocycles. The Morgan fingerprint density at radius 1 is 1.18 bits per heavy atom. The summed E-state index contributed by atoms with van der Waals surface area (Å²) in [5, 5.41) is 23.5. The van der Waals surface area contributed by atoms with E-state index in [-0.39, 0.29) is 5.41 Å². The van der Waals surface area contributed by atoms with E-state index in [1.807, 2.05) is 12.1 Å². The van der Waals surface area contributed by atoms with Crippen molar-refractivity contribution in [1.29, 1.82) is 0 Å². The fourth-order valence-corrected chi connectivity index (χ4v) is 4.46. The zero-order valence-electron chi connectivity index (χ0n) is 12.4. The van der Waals surface area contributed by atoms with Gasteiger partial charge in [-0.15, -0.1) is 0 Å². The Bertz CT molecular complexity index is 584. The molecule has 0 amide bonds. The van der Waals surface area contributed by atoms with Crippen LogP contribution in [0.25, 0.3) is 0 Å². The Morgan fingerprint density at radius 3 is 2.27 bits per heavy atom. The number of quaternary nitrogens is 1. The van der Waals surface area contributed by atoms with Gasteiger partial charge in [-0.25, -0.2) is 5.21 Å². The third-order valence-corrected chi connectivity index (χ3v) is 5.38. The van der Waals surface area contributed by atoms with Gasteiger partial charge in [0.05, 0.1) is 11.1 Å². The third kappa shape index (κ3) is 1.98. The van der Waals surface area contributed by atoms with Gasteiger partial charge in [-0.05, 0) is 5.56 Å². The van der Waals surface area contributed by atoms with Crippen LogP contribution in [0.2, 0.25) is 0 Å². The number of piperidine rings is 2. The van der Waals surface area contributed by atoms with Crippen LogP contribution in [0.1, 0.15) is 5.56 Å². The van der Waals surface area contributed by atoms with Gasteiger partial charge in [0.15, 0.2) is 5.69 Å². The fourth-order valence-electron chi connectivity index (χ4n) is 4.46. The van der Waals surface area contributed by atoms with Crippen LogP contribution in [0.15, 0.2) is 29.4 Å². The number of hydrazone groups is 1. The van der Waals surface area contributed by atoms with Gasteiger partial charge in [0, 0.05) is 57.3 Å². The summed E-state index contributed by atoms with van der Waals surface area (Å²) in [6.07, 6.45) is 0. The third-order valence-electron chi connectivity index (χ3n) is 5.38. The highest BCUT2D eigenvalue weighted by Crippen LogP contribution is 2.41. The van der Waals surface area contributed by atoms with Crippen molar-refractivity contribution in [3.05, 3.63) is 35.0 Å². The summed E-state index contributed by atoms with van der Waals surface area (Å²) in [5.74, 6) is 6.15. The number of hydrogen-bond donors (Lipinski definition) is 3. The Morgan fingerprint density at radius 2 is 1.77 bits per heavy atom. The lowest BCUT2D eigenvalue weighted by Crippen LogP contribution is -2.99. The van der Waals surface area contributed by atoms with Crippen molar-refractivity contribution in [2.45, 2.75) is 5.41 Å². The van der Waals surface area contributed by atoms with Gasteiger partial charge in [-0.3, -0.25) is 0 Å². The van der Waals surface area contributed by atoms with Crippen molar-refractivity contribution in [1.82, 2.24) is 9.80 Å². The van der Waals surface area contributed by atoms with Gasteiger partial charge >= 0.3 is 0 Å². The maximum Gasteiger partial charge on any atom is 0.163 e. The van der Waals surface area contributed by atoms with Crippen molar-refractivity contribution in [2.75, 3.05) is 39.3 Å². The molecule has 1 aromatic rings. The molecule has 4 aliphatic rings. The predicted molar refractivity (Wildman–Crippen MR) is 81.9 cm³/mol. The number of rotatable bonds is 2. The number of nitrogens with two attached hydrogens (primary N) is 1. The smallest absolute Gasteiger partial charge is 0.163 e. The van der Waals surface area contributed by atoms with Gasteiger partial charge in [-0.1, -0.05) is 12.1 Å². The molecule has 7 nitrogen and oxygen atoms in total. The van der Waals surface area contributed by atoms with E-state index >= 15 is 0 Å². The summed E-state index contributed by atoms with van der Waals surface area (Å²) in [6.45, 7) is 6.07. The number of fused-ring (bicyclic) bond motifs is 1. The number of benzene rings is 1. The van der Waals surface area contributed by atoms with Gasteiger partial charge in [0.1, 0.15) is 0 Å². The van der Waals surface area contributed by atoms with Crippen LogP contribution in [0.4, 0.5) is 5.69 Å². The van der Waals surface area contributed by atoms with Crippen LogP contribution in [0.5, 0.6) is 0 Å². The quantitative estimate of drug-likeness (QED) is 0.477. The Balaban J connectivity index is 1.79. The van der Waals surface area contributed by atoms with E-state index < -0.39 is 5.23 Å². The summed E-state index contributed by atoms with van der Waals surface area (Å²) in [6, 6.07) is 7.24. The minimum Gasteiger partial charge on any atom is -0.595 e. The van der Waals surface area contributed by atoms with E-state index in [4.69, 9.17) is 11.0 Å². The van der Waals surface area contributed by atoms with Gasteiger partial charge < -0.3 is 20.8 Å². The highest BCUT2D eigenvalue weighted by Gasteiger charge is 2.53. The van der Waals surface area contributed by atoms with Gasteiger partial charge in [-0.2, -0.15) is 10.3 Å². The van der Waals surface area contributed by atoms with Crippen LogP contribution in [0.3, 0.4) is 0 Å². The van der Waals surface area contributed by atoms with E-state index in [0.717, 1.165) is 50.5 Å². The largest absolute Gasteiger partial charge is 0.595 e. The van der Waals surface area contributed by atoms with Gasteiger partial charge in [0.25, 0.3) is 0 Å². The molecule has 5 rings (SSSR count). The minimum atomic E-state index is -0.894. The van der Waals surface area contributed by atoms with Crippen molar-refractivity contribution in [2.24, 2.45) is 16.9 Å². The zero-order valence-corrected chi connectivity index (χ0v) is 12.4. The molecule has 118 valence electrons. The lowest BCUT2D eigenvalue weighted by Gasteiger charge is -2.50. The molecular weight excluding hydrogens is 282 g/mol. The molecule has 4 saturated heterocycles. The highest BCUT2D eigenvalue weighted by atomic mass is 16.8. The minimum absolute atomic E-state index is 0.191.